The number of aryl methyl sites for hydroxylation is 3. The standard InChI is InChI=1S/C18H23NO5/c1-7-19-9-12(18(21)24-8-2)15(20)13-10(3)16(22-5)17(23-6)11(4)14(13)19/h9H,7-8H2,1-6H3. The van der Waals surface area contributed by atoms with Gasteiger partial charge >= 0.3 is 5.97 Å². The molecular weight excluding hydrogens is 310 g/mol. The van der Waals surface area contributed by atoms with Gasteiger partial charge in [-0.2, -0.15) is 0 Å². The van der Waals surface area contributed by atoms with Crippen molar-refractivity contribution in [2.45, 2.75) is 34.2 Å². The van der Waals surface area contributed by atoms with Crippen LogP contribution in [0.25, 0.3) is 10.9 Å². The number of benzene rings is 1. The molecule has 6 nitrogen and oxygen atoms in total. The minimum absolute atomic E-state index is 0.0286. The lowest BCUT2D eigenvalue weighted by Gasteiger charge is -2.20. The first-order chi connectivity index (χ1) is 11.4. The molecule has 0 aliphatic carbocycles. The summed E-state index contributed by atoms with van der Waals surface area (Å²) in [5, 5.41) is 0.456. The molecule has 24 heavy (non-hydrogen) atoms. The van der Waals surface area contributed by atoms with Crippen molar-refractivity contribution in [3.8, 4) is 11.5 Å². The first-order valence-electron chi connectivity index (χ1n) is 7.88. The maximum atomic E-state index is 12.9. The first-order valence-corrected chi connectivity index (χ1v) is 7.88. The van der Waals surface area contributed by atoms with Gasteiger partial charge in [0, 0.05) is 23.9 Å². The largest absolute Gasteiger partial charge is 0.493 e. The van der Waals surface area contributed by atoms with Crippen LogP contribution in [0.4, 0.5) is 0 Å². The van der Waals surface area contributed by atoms with E-state index in [1.54, 1.807) is 27.2 Å². The summed E-state index contributed by atoms with van der Waals surface area (Å²) >= 11 is 0. The van der Waals surface area contributed by atoms with Crippen molar-refractivity contribution in [3.63, 3.8) is 0 Å². The predicted molar refractivity (Wildman–Crippen MR) is 92.4 cm³/mol. The molecule has 1 heterocycles. The number of hydrogen-bond donors (Lipinski definition) is 0. The number of fused-ring (bicyclic) bond motifs is 1. The molecule has 0 bridgehead atoms. The Kier molecular flexibility index (Phi) is 5.17. The highest BCUT2D eigenvalue weighted by Crippen LogP contribution is 2.39. The van der Waals surface area contributed by atoms with E-state index in [2.05, 4.69) is 0 Å². The number of carbonyl (C=O) groups is 1. The van der Waals surface area contributed by atoms with E-state index < -0.39 is 5.97 Å². The van der Waals surface area contributed by atoms with Crippen LogP contribution in [0.2, 0.25) is 0 Å². The Labute approximate surface area is 140 Å². The maximum Gasteiger partial charge on any atom is 0.343 e. The van der Waals surface area contributed by atoms with Gasteiger partial charge in [0.05, 0.1) is 31.7 Å². The Morgan fingerprint density at radius 2 is 1.67 bits per heavy atom. The second-order valence-corrected chi connectivity index (χ2v) is 5.42. The van der Waals surface area contributed by atoms with Gasteiger partial charge in [-0.05, 0) is 27.7 Å². The molecule has 0 fully saturated rings. The zero-order chi connectivity index (χ0) is 18.0. The molecule has 2 aromatic rings. The van der Waals surface area contributed by atoms with Gasteiger partial charge in [0.2, 0.25) is 5.43 Å². The minimum Gasteiger partial charge on any atom is -0.493 e. The van der Waals surface area contributed by atoms with Crippen molar-refractivity contribution in [1.29, 1.82) is 0 Å². The SMILES string of the molecule is CCOC(=O)c1cn(CC)c2c(C)c(OC)c(OC)c(C)c2c1=O. The lowest BCUT2D eigenvalue weighted by Crippen LogP contribution is -2.22. The molecule has 0 aliphatic rings. The van der Waals surface area contributed by atoms with Crippen LogP contribution in [0.15, 0.2) is 11.0 Å². The summed E-state index contributed by atoms with van der Waals surface area (Å²) in [5.74, 6) is 0.481. The summed E-state index contributed by atoms with van der Waals surface area (Å²) in [7, 11) is 3.10. The zero-order valence-electron chi connectivity index (χ0n) is 15.0. The molecule has 0 aliphatic heterocycles. The van der Waals surface area contributed by atoms with Gasteiger partial charge in [0.1, 0.15) is 5.56 Å². The second-order valence-electron chi connectivity index (χ2n) is 5.42. The molecule has 2 rings (SSSR count). The van der Waals surface area contributed by atoms with Crippen LogP contribution in [0, 0.1) is 13.8 Å². The number of esters is 1. The highest BCUT2D eigenvalue weighted by molar-refractivity contribution is 5.97. The topological polar surface area (TPSA) is 66.8 Å². The molecule has 0 saturated carbocycles. The molecule has 0 radical (unpaired) electrons. The third kappa shape index (κ3) is 2.62. The smallest absolute Gasteiger partial charge is 0.343 e. The van der Waals surface area contributed by atoms with Crippen LogP contribution in [0.3, 0.4) is 0 Å². The molecule has 0 saturated heterocycles. The molecule has 0 N–H and O–H groups in total. The van der Waals surface area contributed by atoms with Gasteiger partial charge < -0.3 is 18.8 Å². The average molecular weight is 333 g/mol. The highest BCUT2D eigenvalue weighted by Gasteiger charge is 2.24. The lowest BCUT2D eigenvalue weighted by molar-refractivity contribution is 0.0524. The van der Waals surface area contributed by atoms with E-state index in [9.17, 15) is 9.59 Å². The summed E-state index contributed by atoms with van der Waals surface area (Å²) in [4.78, 5) is 25.1. The number of nitrogens with zero attached hydrogens (tertiary/aromatic N) is 1. The second kappa shape index (κ2) is 6.95. The van der Waals surface area contributed by atoms with Gasteiger partial charge in [-0.1, -0.05) is 0 Å². The van der Waals surface area contributed by atoms with Crippen LogP contribution in [-0.2, 0) is 11.3 Å². The summed E-state index contributed by atoms with van der Waals surface area (Å²) in [5.41, 5.74) is 1.86. The summed E-state index contributed by atoms with van der Waals surface area (Å²) in [6.07, 6.45) is 1.56. The summed E-state index contributed by atoms with van der Waals surface area (Å²) < 4.78 is 17.8. The van der Waals surface area contributed by atoms with Crippen molar-refractivity contribution in [1.82, 2.24) is 4.57 Å². The van der Waals surface area contributed by atoms with Gasteiger partial charge in [-0.3, -0.25) is 4.79 Å². The van der Waals surface area contributed by atoms with Crippen molar-refractivity contribution >= 4 is 16.9 Å². The monoisotopic (exact) mass is 333 g/mol. The van der Waals surface area contributed by atoms with Gasteiger partial charge in [0.15, 0.2) is 11.5 Å². The molecule has 0 amide bonds. The number of methoxy groups -OCH3 is 2. The van der Waals surface area contributed by atoms with Gasteiger partial charge in [-0.15, -0.1) is 0 Å². The predicted octanol–water partition coefficient (Wildman–Crippen LogP) is 2.83. The Hall–Kier alpha value is -2.50. The van der Waals surface area contributed by atoms with E-state index in [1.807, 2.05) is 18.4 Å². The van der Waals surface area contributed by atoms with Crippen molar-refractivity contribution in [3.05, 3.63) is 33.1 Å². The van der Waals surface area contributed by atoms with E-state index in [0.29, 0.717) is 29.0 Å². The quantitative estimate of drug-likeness (QED) is 0.787. The van der Waals surface area contributed by atoms with Crippen molar-refractivity contribution in [2.75, 3.05) is 20.8 Å². The molecule has 1 aromatic heterocycles. The maximum absolute atomic E-state index is 12.9. The van der Waals surface area contributed by atoms with E-state index >= 15 is 0 Å². The molecule has 0 spiro atoms. The van der Waals surface area contributed by atoms with Crippen LogP contribution in [0.5, 0.6) is 11.5 Å². The van der Waals surface area contributed by atoms with Gasteiger partial charge in [-0.25, -0.2) is 4.79 Å². The molecule has 6 heteroatoms. The van der Waals surface area contributed by atoms with Crippen LogP contribution in [0.1, 0.15) is 35.3 Å². The third-order valence-corrected chi connectivity index (χ3v) is 4.14. The normalized spacial score (nSPS) is 10.8. The average Bonchev–Trinajstić information content (AvgIpc) is 2.57. The summed E-state index contributed by atoms with van der Waals surface area (Å²) in [6.45, 7) is 8.13. The zero-order valence-corrected chi connectivity index (χ0v) is 15.0. The van der Waals surface area contributed by atoms with Crippen molar-refractivity contribution < 1.29 is 19.0 Å². The Bertz CT molecular complexity index is 851. The van der Waals surface area contributed by atoms with Crippen LogP contribution in [-0.4, -0.2) is 31.4 Å². The van der Waals surface area contributed by atoms with E-state index in [1.165, 1.54) is 7.11 Å². The molecule has 1 aromatic carbocycles. The van der Waals surface area contributed by atoms with E-state index in [4.69, 9.17) is 14.2 Å². The van der Waals surface area contributed by atoms with E-state index in [0.717, 1.165) is 11.1 Å². The van der Waals surface area contributed by atoms with Crippen molar-refractivity contribution in [2.24, 2.45) is 0 Å². The van der Waals surface area contributed by atoms with Gasteiger partial charge in [0.25, 0.3) is 0 Å². The fourth-order valence-corrected chi connectivity index (χ4v) is 3.07. The number of hydrogen-bond acceptors (Lipinski definition) is 5. The number of pyridine rings is 1. The molecule has 130 valence electrons. The molecular formula is C18H23NO5. The van der Waals surface area contributed by atoms with Crippen LogP contribution < -0.4 is 14.9 Å². The van der Waals surface area contributed by atoms with Crippen LogP contribution >= 0.6 is 0 Å². The fraction of sp³-hybridized carbons (Fsp3) is 0.444. The fourth-order valence-electron chi connectivity index (χ4n) is 3.07. The number of carbonyl (C=O) groups excluding carboxylic acids is 1. The van der Waals surface area contributed by atoms with E-state index in [-0.39, 0.29) is 17.6 Å². The third-order valence-electron chi connectivity index (χ3n) is 4.14. The Morgan fingerprint density at radius 1 is 1.08 bits per heavy atom. The number of ether oxygens (including phenoxy) is 3. The minimum atomic E-state index is -0.613. The Balaban J connectivity index is 3.03. The summed E-state index contributed by atoms with van der Waals surface area (Å²) in [6, 6.07) is 0. The highest BCUT2D eigenvalue weighted by atomic mass is 16.5. The first kappa shape index (κ1) is 17.8. The molecule has 0 unspecified atom stereocenters. The number of rotatable bonds is 5. The lowest BCUT2D eigenvalue weighted by atomic mass is 10.00. The Morgan fingerprint density at radius 3 is 2.17 bits per heavy atom. The molecule has 0 atom stereocenters. The number of aromatic nitrogens is 1.